The summed E-state index contributed by atoms with van der Waals surface area (Å²) in [5, 5.41) is 9.76. The first-order chi connectivity index (χ1) is 10.4. The van der Waals surface area contributed by atoms with Crippen molar-refractivity contribution < 1.29 is 23.9 Å². The number of alkyl carbamates (subject to hydrolysis) is 1. The number of esters is 1. The minimum absolute atomic E-state index is 0.000633. The molecular weight excluding hydrogens is 312 g/mol. The van der Waals surface area contributed by atoms with Gasteiger partial charge >= 0.3 is 12.1 Å². The summed E-state index contributed by atoms with van der Waals surface area (Å²) in [6.07, 6.45) is -0.820. The molecule has 122 valence electrons. The van der Waals surface area contributed by atoms with Crippen molar-refractivity contribution in [1.29, 1.82) is 0 Å². The standard InChI is InChI=1S/C12H18N4O5S/c1-5-21-9(17)6-8-14-15-11(16(8)3)22-7(2)10(18)13-12(19)20-4/h7H,5-6H2,1-4H3,(H,13,18,19)/t7-/m1/s1. The third-order valence-corrected chi connectivity index (χ3v) is 3.73. The van der Waals surface area contributed by atoms with Crippen LogP contribution in [0.3, 0.4) is 0 Å². The van der Waals surface area contributed by atoms with E-state index in [1.54, 1.807) is 25.5 Å². The van der Waals surface area contributed by atoms with E-state index in [2.05, 4.69) is 20.3 Å². The van der Waals surface area contributed by atoms with Crippen molar-refractivity contribution in [2.45, 2.75) is 30.7 Å². The summed E-state index contributed by atoms with van der Waals surface area (Å²) in [5.74, 6) is -0.473. The number of hydrogen-bond donors (Lipinski definition) is 1. The van der Waals surface area contributed by atoms with E-state index in [1.165, 1.54) is 7.11 Å². The van der Waals surface area contributed by atoms with Crippen molar-refractivity contribution >= 4 is 29.7 Å². The van der Waals surface area contributed by atoms with Crippen molar-refractivity contribution in [3.63, 3.8) is 0 Å². The first kappa shape index (κ1) is 18.0. The van der Waals surface area contributed by atoms with Gasteiger partial charge in [-0.25, -0.2) is 4.79 Å². The Bertz CT molecular complexity index is 560. The molecule has 0 unspecified atom stereocenters. The van der Waals surface area contributed by atoms with Crippen LogP contribution in [0, 0.1) is 0 Å². The van der Waals surface area contributed by atoms with Crippen LogP contribution in [0.15, 0.2) is 5.16 Å². The number of rotatable bonds is 6. The Morgan fingerprint density at radius 3 is 2.64 bits per heavy atom. The molecule has 10 heteroatoms. The average molecular weight is 330 g/mol. The zero-order chi connectivity index (χ0) is 16.7. The zero-order valence-corrected chi connectivity index (χ0v) is 13.6. The molecule has 1 rings (SSSR count). The molecule has 1 aromatic heterocycles. The summed E-state index contributed by atoms with van der Waals surface area (Å²) >= 11 is 1.11. The highest BCUT2D eigenvalue weighted by atomic mass is 32.2. The number of hydrogen-bond acceptors (Lipinski definition) is 8. The van der Waals surface area contributed by atoms with Crippen LogP contribution in [0.25, 0.3) is 0 Å². The lowest BCUT2D eigenvalue weighted by atomic mass is 10.4. The number of carbonyl (C=O) groups excluding carboxylic acids is 3. The minimum Gasteiger partial charge on any atom is -0.466 e. The van der Waals surface area contributed by atoms with E-state index >= 15 is 0 Å². The second-order valence-corrected chi connectivity index (χ2v) is 5.49. The molecule has 1 heterocycles. The molecule has 0 bridgehead atoms. The fraction of sp³-hybridized carbons (Fsp3) is 0.583. The maximum absolute atomic E-state index is 11.7. The average Bonchev–Trinajstić information content (AvgIpc) is 2.80. The largest absolute Gasteiger partial charge is 0.466 e. The van der Waals surface area contributed by atoms with Crippen molar-refractivity contribution in [2.24, 2.45) is 7.05 Å². The van der Waals surface area contributed by atoms with Gasteiger partial charge in [-0.05, 0) is 13.8 Å². The first-order valence-electron chi connectivity index (χ1n) is 6.48. The monoisotopic (exact) mass is 330 g/mol. The molecule has 0 radical (unpaired) electrons. The van der Waals surface area contributed by atoms with Gasteiger partial charge in [0.15, 0.2) is 5.16 Å². The molecule has 2 amide bonds. The van der Waals surface area contributed by atoms with Crippen LogP contribution in [0.4, 0.5) is 4.79 Å². The van der Waals surface area contributed by atoms with Gasteiger partial charge in [0.1, 0.15) is 12.2 Å². The van der Waals surface area contributed by atoms with E-state index in [-0.39, 0.29) is 6.42 Å². The van der Waals surface area contributed by atoms with Gasteiger partial charge < -0.3 is 14.0 Å². The van der Waals surface area contributed by atoms with E-state index in [0.29, 0.717) is 17.6 Å². The molecule has 0 fully saturated rings. The van der Waals surface area contributed by atoms with Gasteiger partial charge in [0.25, 0.3) is 0 Å². The number of thioether (sulfide) groups is 1. The van der Waals surface area contributed by atoms with Crippen LogP contribution >= 0.6 is 11.8 Å². The van der Waals surface area contributed by atoms with Crippen molar-refractivity contribution in [2.75, 3.05) is 13.7 Å². The predicted molar refractivity (Wildman–Crippen MR) is 77.2 cm³/mol. The van der Waals surface area contributed by atoms with Gasteiger partial charge in [-0.2, -0.15) is 0 Å². The van der Waals surface area contributed by atoms with Crippen LogP contribution in [0.5, 0.6) is 0 Å². The Hall–Kier alpha value is -2.10. The van der Waals surface area contributed by atoms with Crippen LogP contribution in [-0.4, -0.2) is 51.7 Å². The van der Waals surface area contributed by atoms with Gasteiger partial charge in [-0.15, -0.1) is 10.2 Å². The van der Waals surface area contributed by atoms with Crippen molar-refractivity contribution in [3.05, 3.63) is 5.82 Å². The molecule has 1 atom stereocenters. The Morgan fingerprint density at radius 1 is 1.36 bits per heavy atom. The number of imide groups is 1. The van der Waals surface area contributed by atoms with Crippen molar-refractivity contribution in [3.8, 4) is 0 Å². The SMILES string of the molecule is CCOC(=O)Cc1nnc(S[C@H](C)C(=O)NC(=O)OC)n1C. The third kappa shape index (κ3) is 5.02. The molecule has 0 aromatic carbocycles. The molecule has 1 N–H and O–H groups in total. The third-order valence-electron chi connectivity index (χ3n) is 2.59. The van der Waals surface area contributed by atoms with E-state index in [9.17, 15) is 14.4 Å². The van der Waals surface area contributed by atoms with Crippen LogP contribution < -0.4 is 5.32 Å². The Morgan fingerprint density at radius 2 is 2.05 bits per heavy atom. The molecular formula is C12H18N4O5S. The first-order valence-corrected chi connectivity index (χ1v) is 7.36. The highest BCUT2D eigenvalue weighted by molar-refractivity contribution is 8.00. The van der Waals surface area contributed by atoms with E-state index in [0.717, 1.165) is 11.8 Å². The van der Waals surface area contributed by atoms with Gasteiger partial charge in [0.05, 0.1) is 19.0 Å². The Kier molecular flexibility index (Phi) is 6.83. The Balaban J connectivity index is 2.66. The molecule has 1 aromatic rings. The van der Waals surface area contributed by atoms with Crippen LogP contribution in [0.2, 0.25) is 0 Å². The summed E-state index contributed by atoms with van der Waals surface area (Å²) in [6.45, 7) is 3.63. The highest BCUT2D eigenvalue weighted by Gasteiger charge is 2.21. The number of aromatic nitrogens is 3. The second kappa shape index (κ2) is 8.37. The maximum atomic E-state index is 11.7. The number of ether oxygens (including phenoxy) is 2. The normalized spacial score (nSPS) is 11.6. The van der Waals surface area contributed by atoms with Gasteiger partial charge in [0, 0.05) is 7.05 Å². The molecule has 0 aliphatic rings. The summed E-state index contributed by atoms with van der Waals surface area (Å²) in [7, 11) is 2.85. The number of nitrogens with zero attached hydrogens (tertiary/aromatic N) is 3. The van der Waals surface area contributed by atoms with E-state index in [1.807, 2.05) is 0 Å². The molecule has 0 aliphatic carbocycles. The number of carbonyl (C=O) groups is 3. The molecule has 0 aliphatic heterocycles. The van der Waals surface area contributed by atoms with E-state index < -0.39 is 23.2 Å². The smallest absolute Gasteiger partial charge is 0.413 e. The Labute approximate surface area is 131 Å². The maximum Gasteiger partial charge on any atom is 0.413 e. The molecule has 0 spiro atoms. The van der Waals surface area contributed by atoms with Gasteiger partial charge in [-0.3, -0.25) is 14.9 Å². The number of methoxy groups -OCH3 is 1. The lowest BCUT2D eigenvalue weighted by molar-refractivity contribution is -0.142. The summed E-state index contributed by atoms with van der Waals surface area (Å²) in [4.78, 5) is 34.2. The van der Waals surface area contributed by atoms with Crippen molar-refractivity contribution in [1.82, 2.24) is 20.1 Å². The zero-order valence-electron chi connectivity index (χ0n) is 12.8. The quantitative estimate of drug-likeness (QED) is 0.585. The molecule has 9 nitrogen and oxygen atoms in total. The predicted octanol–water partition coefficient (Wildman–Crippen LogP) is 0.284. The lowest BCUT2D eigenvalue weighted by Crippen LogP contribution is -2.36. The topological polar surface area (TPSA) is 112 Å². The lowest BCUT2D eigenvalue weighted by Gasteiger charge is -2.10. The number of amides is 2. The van der Waals surface area contributed by atoms with Gasteiger partial charge in [-0.1, -0.05) is 11.8 Å². The summed E-state index contributed by atoms with van der Waals surface area (Å²) in [6, 6.07) is 0. The van der Waals surface area contributed by atoms with Gasteiger partial charge in [0.2, 0.25) is 5.91 Å². The second-order valence-electron chi connectivity index (χ2n) is 4.18. The molecule has 0 saturated heterocycles. The fourth-order valence-electron chi connectivity index (χ4n) is 1.41. The minimum atomic E-state index is -0.821. The highest BCUT2D eigenvalue weighted by Crippen LogP contribution is 2.21. The van der Waals surface area contributed by atoms with E-state index in [4.69, 9.17) is 4.74 Å². The molecule has 22 heavy (non-hydrogen) atoms. The molecule has 0 saturated carbocycles. The fourth-order valence-corrected chi connectivity index (χ4v) is 2.24. The summed E-state index contributed by atoms with van der Waals surface area (Å²) < 4.78 is 10.8. The number of nitrogens with one attached hydrogen (secondary N) is 1. The summed E-state index contributed by atoms with van der Waals surface area (Å²) in [5.41, 5.74) is 0. The van der Waals surface area contributed by atoms with Crippen LogP contribution in [-0.2, 0) is 32.5 Å². The van der Waals surface area contributed by atoms with Crippen LogP contribution in [0.1, 0.15) is 19.7 Å².